The minimum atomic E-state index is 0.493. The fourth-order valence-electron chi connectivity index (χ4n) is 1.34. The van der Waals surface area contributed by atoms with Gasteiger partial charge in [-0.15, -0.1) is 0 Å². The smallest absolute Gasteiger partial charge is 0.168 e. The summed E-state index contributed by atoms with van der Waals surface area (Å²) in [6, 6.07) is 0.493. The zero-order valence-corrected chi connectivity index (χ0v) is 8.49. The zero-order valence-electron chi connectivity index (χ0n) is 7.67. The molecule has 1 aliphatic rings. The maximum Gasteiger partial charge on any atom is 0.168 e. The molecule has 0 radical (unpaired) electrons. The molecule has 0 aromatic heterocycles. The van der Waals surface area contributed by atoms with Crippen molar-refractivity contribution in [1.29, 1.82) is 0 Å². The Balaban J connectivity index is 2.52. The number of nitrogens with zero attached hydrogens (tertiary/aromatic N) is 1. The first-order valence-corrected chi connectivity index (χ1v) is 4.72. The van der Waals surface area contributed by atoms with Gasteiger partial charge in [0.05, 0.1) is 6.61 Å². The van der Waals surface area contributed by atoms with Crippen molar-refractivity contribution in [2.75, 3.05) is 26.8 Å². The lowest BCUT2D eigenvalue weighted by Gasteiger charge is -2.28. The molecule has 1 unspecified atom stereocenters. The second-order valence-electron chi connectivity index (χ2n) is 3.00. The third kappa shape index (κ3) is 2.32. The zero-order chi connectivity index (χ0) is 8.97. The Labute approximate surface area is 79.1 Å². The molecule has 1 aliphatic heterocycles. The van der Waals surface area contributed by atoms with E-state index in [1.807, 2.05) is 7.05 Å². The number of nitrogens with one attached hydrogen (secondary N) is 1. The summed E-state index contributed by atoms with van der Waals surface area (Å²) in [5.74, 6) is 0. The molecule has 1 rings (SSSR count). The Hall–Kier alpha value is -0.350. The minimum Gasteiger partial charge on any atom is -0.380 e. The highest BCUT2D eigenvalue weighted by Crippen LogP contribution is 2.08. The number of ether oxygens (including phenoxy) is 1. The summed E-state index contributed by atoms with van der Waals surface area (Å²) in [5, 5.41) is 3.82. The van der Waals surface area contributed by atoms with E-state index in [1.165, 1.54) is 0 Å². The number of rotatable bonds is 0. The van der Waals surface area contributed by atoms with Crippen LogP contribution in [0.1, 0.15) is 13.3 Å². The summed E-state index contributed by atoms with van der Waals surface area (Å²) in [6.07, 6.45) is 1.06. The van der Waals surface area contributed by atoms with Gasteiger partial charge in [0.2, 0.25) is 0 Å². The van der Waals surface area contributed by atoms with Gasteiger partial charge in [-0.05, 0) is 25.6 Å². The van der Waals surface area contributed by atoms with Gasteiger partial charge in [0, 0.05) is 26.2 Å². The fraction of sp³-hybridized carbons (Fsp3) is 0.875. The van der Waals surface area contributed by atoms with E-state index >= 15 is 0 Å². The lowest BCUT2D eigenvalue weighted by molar-refractivity contribution is 0.147. The molecule has 0 saturated carbocycles. The van der Waals surface area contributed by atoms with Crippen LogP contribution in [-0.4, -0.2) is 42.9 Å². The van der Waals surface area contributed by atoms with Gasteiger partial charge in [0.25, 0.3) is 0 Å². The highest BCUT2D eigenvalue weighted by atomic mass is 32.1. The van der Waals surface area contributed by atoms with Crippen molar-refractivity contribution >= 4 is 17.3 Å². The fourth-order valence-corrected chi connectivity index (χ4v) is 1.61. The van der Waals surface area contributed by atoms with Crippen molar-refractivity contribution in [1.82, 2.24) is 10.2 Å². The summed E-state index contributed by atoms with van der Waals surface area (Å²) < 4.78 is 5.36. The quantitative estimate of drug-likeness (QED) is 0.563. The standard InChI is InChI=1S/C8H16N2OS/c1-7-3-5-11-6-4-10(7)8(12)9-2/h7H,3-6H2,1-2H3,(H,9,12). The average molecular weight is 188 g/mol. The van der Waals surface area contributed by atoms with E-state index in [4.69, 9.17) is 17.0 Å². The molecule has 12 heavy (non-hydrogen) atoms. The highest BCUT2D eigenvalue weighted by molar-refractivity contribution is 7.80. The molecule has 1 N–H and O–H groups in total. The second-order valence-corrected chi connectivity index (χ2v) is 3.39. The summed E-state index contributed by atoms with van der Waals surface area (Å²) >= 11 is 5.17. The van der Waals surface area contributed by atoms with E-state index in [1.54, 1.807) is 0 Å². The van der Waals surface area contributed by atoms with Crippen LogP contribution in [0.2, 0.25) is 0 Å². The Kier molecular flexibility index (Phi) is 3.75. The van der Waals surface area contributed by atoms with Gasteiger partial charge in [-0.2, -0.15) is 0 Å². The van der Waals surface area contributed by atoms with Crippen molar-refractivity contribution in [3.05, 3.63) is 0 Å². The van der Waals surface area contributed by atoms with Gasteiger partial charge in [-0.3, -0.25) is 0 Å². The third-order valence-electron chi connectivity index (χ3n) is 2.16. The van der Waals surface area contributed by atoms with Crippen molar-refractivity contribution in [3.63, 3.8) is 0 Å². The first kappa shape index (κ1) is 9.74. The number of hydrogen-bond acceptors (Lipinski definition) is 2. The van der Waals surface area contributed by atoms with Gasteiger partial charge >= 0.3 is 0 Å². The predicted octanol–water partition coefficient (Wildman–Crippen LogP) is 0.601. The molecule has 0 aromatic rings. The summed E-state index contributed by atoms with van der Waals surface area (Å²) in [7, 11) is 1.86. The van der Waals surface area contributed by atoms with Crippen LogP contribution in [0, 0.1) is 0 Å². The van der Waals surface area contributed by atoms with Crippen LogP contribution in [0.5, 0.6) is 0 Å². The van der Waals surface area contributed by atoms with Crippen molar-refractivity contribution < 1.29 is 4.74 Å². The van der Waals surface area contributed by atoms with Gasteiger partial charge < -0.3 is 15.0 Å². The van der Waals surface area contributed by atoms with Gasteiger partial charge in [0.1, 0.15) is 0 Å². The van der Waals surface area contributed by atoms with E-state index < -0.39 is 0 Å². The van der Waals surface area contributed by atoms with Gasteiger partial charge in [-0.25, -0.2) is 0 Å². The monoisotopic (exact) mass is 188 g/mol. The van der Waals surface area contributed by atoms with Crippen LogP contribution in [-0.2, 0) is 4.74 Å². The lowest BCUT2D eigenvalue weighted by Crippen LogP contribution is -2.44. The van der Waals surface area contributed by atoms with E-state index in [9.17, 15) is 0 Å². The number of hydrogen-bond donors (Lipinski definition) is 1. The molecule has 3 nitrogen and oxygen atoms in total. The molecule has 0 amide bonds. The molecule has 1 fully saturated rings. The van der Waals surface area contributed by atoms with Gasteiger partial charge in [0.15, 0.2) is 5.11 Å². The Morgan fingerprint density at radius 1 is 1.58 bits per heavy atom. The highest BCUT2D eigenvalue weighted by Gasteiger charge is 2.18. The molecule has 1 saturated heterocycles. The molecule has 0 spiro atoms. The second kappa shape index (κ2) is 4.62. The maximum atomic E-state index is 5.36. The van der Waals surface area contributed by atoms with E-state index in [2.05, 4.69) is 17.1 Å². The van der Waals surface area contributed by atoms with Crippen molar-refractivity contribution in [3.8, 4) is 0 Å². The summed E-state index contributed by atoms with van der Waals surface area (Å²) in [5.41, 5.74) is 0. The summed E-state index contributed by atoms with van der Waals surface area (Å²) in [4.78, 5) is 2.18. The van der Waals surface area contributed by atoms with Crippen LogP contribution in [0.25, 0.3) is 0 Å². The van der Waals surface area contributed by atoms with Crippen LogP contribution < -0.4 is 5.32 Å². The molecule has 0 aliphatic carbocycles. The van der Waals surface area contributed by atoms with Crippen LogP contribution >= 0.6 is 12.2 Å². The van der Waals surface area contributed by atoms with Crippen LogP contribution in [0.4, 0.5) is 0 Å². The van der Waals surface area contributed by atoms with Crippen molar-refractivity contribution in [2.45, 2.75) is 19.4 Å². The molecule has 4 heteroatoms. The lowest BCUT2D eigenvalue weighted by atomic mass is 10.2. The van der Waals surface area contributed by atoms with E-state index in [0.29, 0.717) is 6.04 Å². The molecule has 0 aromatic carbocycles. The molecule has 70 valence electrons. The van der Waals surface area contributed by atoms with Crippen molar-refractivity contribution in [2.24, 2.45) is 0 Å². The molecular formula is C8H16N2OS. The maximum absolute atomic E-state index is 5.36. The Morgan fingerprint density at radius 3 is 3.00 bits per heavy atom. The molecular weight excluding hydrogens is 172 g/mol. The number of thiocarbonyl (C=S) groups is 1. The SMILES string of the molecule is CNC(=S)N1CCOCCC1C. The summed E-state index contributed by atoms with van der Waals surface area (Å²) in [6.45, 7) is 4.72. The Bertz CT molecular complexity index is 163. The third-order valence-corrected chi connectivity index (χ3v) is 2.60. The topological polar surface area (TPSA) is 24.5 Å². The molecule has 1 atom stereocenters. The Morgan fingerprint density at radius 2 is 2.33 bits per heavy atom. The first-order chi connectivity index (χ1) is 5.75. The van der Waals surface area contributed by atoms with Crippen LogP contribution in [0.3, 0.4) is 0 Å². The molecule has 1 heterocycles. The van der Waals surface area contributed by atoms with Crippen LogP contribution in [0.15, 0.2) is 0 Å². The first-order valence-electron chi connectivity index (χ1n) is 4.32. The average Bonchev–Trinajstić information content (AvgIpc) is 2.28. The van der Waals surface area contributed by atoms with E-state index in [-0.39, 0.29) is 0 Å². The van der Waals surface area contributed by atoms with E-state index in [0.717, 1.165) is 31.3 Å². The van der Waals surface area contributed by atoms with Gasteiger partial charge in [-0.1, -0.05) is 0 Å². The predicted molar refractivity (Wildman–Crippen MR) is 53.3 cm³/mol. The largest absolute Gasteiger partial charge is 0.380 e. The normalized spacial score (nSPS) is 24.8. The minimum absolute atomic E-state index is 0.493. The molecule has 0 bridgehead atoms.